The van der Waals surface area contributed by atoms with Gasteiger partial charge in [-0.15, -0.1) is 0 Å². The van der Waals surface area contributed by atoms with Gasteiger partial charge in [0.2, 0.25) is 0 Å². The van der Waals surface area contributed by atoms with Gasteiger partial charge in [-0.05, 0) is 37.3 Å². The standard InChI is InChI=1S/C22H20ClN3O3/c1-14(28-17-6-3-2-4-7-17)22(27)26-13-18-11-15-10-16(23)12-19(20(15)29-18)21-24-8-5-9-25-21/h2-10,12,14,18H,11,13H2,1H3,(H,26,27)/t14-,18+/m1/s1. The van der Waals surface area contributed by atoms with E-state index in [1.807, 2.05) is 36.4 Å². The Morgan fingerprint density at radius 3 is 2.76 bits per heavy atom. The molecule has 1 aliphatic heterocycles. The molecule has 1 aromatic heterocycles. The van der Waals surface area contributed by atoms with Crippen molar-refractivity contribution >= 4 is 17.5 Å². The lowest BCUT2D eigenvalue weighted by Crippen LogP contribution is -2.41. The van der Waals surface area contributed by atoms with Crippen LogP contribution in [0.25, 0.3) is 11.4 Å². The first kappa shape index (κ1) is 19.2. The molecule has 4 rings (SSSR count). The maximum absolute atomic E-state index is 12.4. The molecule has 29 heavy (non-hydrogen) atoms. The van der Waals surface area contributed by atoms with E-state index < -0.39 is 6.10 Å². The zero-order valence-electron chi connectivity index (χ0n) is 15.8. The van der Waals surface area contributed by atoms with Gasteiger partial charge in [-0.2, -0.15) is 0 Å². The number of fused-ring (bicyclic) bond motifs is 1. The van der Waals surface area contributed by atoms with E-state index in [4.69, 9.17) is 21.1 Å². The van der Waals surface area contributed by atoms with E-state index in [0.717, 1.165) is 11.1 Å². The van der Waals surface area contributed by atoms with Crippen molar-refractivity contribution in [2.75, 3.05) is 6.54 Å². The summed E-state index contributed by atoms with van der Waals surface area (Å²) >= 11 is 6.27. The molecule has 0 fully saturated rings. The molecule has 2 atom stereocenters. The van der Waals surface area contributed by atoms with Crippen molar-refractivity contribution in [3.63, 3.8) is 0 Å². The van der Waals surface area contributed by atoms with Crippen molar-refractivity contribution in [1.29, 1.82) is 0 Å². The molecule has 1 aliphatic rings. The molecule has 0 bridgehead atoms. The average Bonchev–Trinajstić information content (AvgIpc) is 3.15. The fraction of sp³-hybridized carbons (Fsp3) is 0.227. The number of amides is 1. The first-order chi connectivity index (χ1) is 14.1. The Bertz CT molecular complexity index is 999. The van der Waals surface area contributed by atoms with Crippen LogP contribution in [0.5, 0.6) is 11.5 Å². The zero-order valence-corrected chi connectivity index (χ0v) is 16.6. The number of para-hydroxylation sites is 1. The van der Waals surface area contributed by atoms with E-state index >= 15 is 0 Å². The highest BCUT2D eigenvalue weighted by Crippen LogP contribution is 2.39. The lowest BCUT2D eigenvalue weighted by atomic mass is 10.1. The van der Waals surface area contributed by atoms with Gasteiger partial charge < -0.3 is 14.8 Å². The molecule has 0 unspecified atom stereocenters. The Balaban J connectivity index is 1.39. The first-order valence-corrected chi connectivity index (χ1v) is 9.74. The molecule has 0 radical (unpaired) electrons. The highest BCUT2D eigenvalue weighted by Gasteiger charge is 2.28. The van der Waals surface area contributed by atoms with Gasteiger partial charge in [-0.1, -0.05) is 29.8 Å². The number of halogens is 1. The van der Waals surface area contributed by atoms with Crippen LogP contribution in [-0.2, 0) is 11.2 Å². The number of ether oxygens (including phenoxy) is 2. The van der Waals surface area contributed by atoms with Crippen molar-refractivity contribution < 1.29 is 14.3 Å². The minimum Gasteiger partial charge on any atom is -0.487 e. The predicted octanol–water partition coefficient (Wildman–Crippen LogP) is 3.68. The van der Waals surface area contributed by atoms with Gasteiger partial charge in [0.1, 0.15) is 17.6 Å². The van der Waals surface area contributed by atoms with E-state index in [1.165, 1.54) is 0 Å². The molecule has 7 heteroatoms. The Morgan fingerprint density at radius 2 is 2.00 bits per heavy atom. The Labute approximate surface area is 173 Å². The average molecular weight is 410 g/mol. The number of nitrogens with one attached hydrogen (secondary N) is 1. The summed E-state index contributed by atoms with van der Waals surface area (Å²) in [5, 5.41) is 3.50. The topological polar surface area (TPSA) is 73.3 Å². The van der Waals surface area contributed by atoms with Gasteiger partial charge in [0.25, 0.3) is 5.91 Å². The lowest BCUT2D eigenvalue weighted by molar-refractivity contribution is -0.127. The van der Waals surface area contributed by atoms with Crippen LogP contribution < -0.4 is 14.8 Å². The van der Waals surface area contributed by atoms with Crippen molar-refractivity contribution in [2.45, 2.75) is 25.6 Å². The molecule has 2 aromatic carbocycles. The minimum atomic E-state index is -0.607. The van der Waals surface area contributed by atoms with E-state index in [-0.39, 0.29) is 12.0 Å². The van der Waals surface area contributed by atoms with Crippen LogP contribution in [0.1, 0.15) is 12.5 Å². The first-order valence-electron chi connectivity index (χ1n) is 9.36. The second kappa shape index (κ2) is 8.49. The summed E-state index contributed by atoms with van der Waals surface area (Å²) in [5.41, 5.74) is 1.73. The summed E-state index contributed by atoms with van der Waals surface area (Å²) in [5.74, 6) is 1.73. The van der Waals surface area contributed by atoms with E-state index in [0.29, 0.717) is 35.3 Å². The molecule has 2 heterocycles. The van der Waals surface area contributed by atoms with Crippen LogP contribution in [0, 0.1) is 0 Å². The third-order valence-electron chi connectivity index (χ3n) is 4.60. The molecule has 6 nitrogen and oxygen atoms in total. The summed E-state index contributed by atoms with van der Waals surface area (Å²) in [6.07, 6.45) is 3.19. The predicted molar refractivity (Wildman–Crippen MR) is 110 cm³/mol. The van der Waals surface area contributed by atoms with Crippen LogP contribution >= 0.6 is 11.6 Å². The third kappa shape index (κ3) is 4.49. The number of hydrogen-bond donors (Lipinski definition) is 1. The molecule has 3 aromatic rings. The van der Waals surface area contributed by atoms with Crippen molar-refractivity contribution in [3.05, 3.63) is 71.5 Å². The molecule has 0 saturated carbocycles. The van der Waals surface area contributed by atoms with E-state index in [9.17, 15) is 4.79 Å². The smallest absolute Gasteiger partial charge is 0.260 e. The number of nitrogens with zero attached hydrogens (tertiary/aromatic N) is 2. The number of aromatic nitrogens is 2. The molecule has 0 aliphatic carbocycles. The monoisotopic (exact) mass is 409 g/mol. The SMILES string of the molecule is C[C@@H](Oc1ccccc1)C(=O)NC[C@@H]1Cc2cc(Cl)cc(-c3ncccn3)c2O1. The summed E-state index contributed by atoms with van der Waals surface area (Å²) in [6.45, 7) is 2.08. The van der Waals surface area contributed by atoms with Crippen LogP contribution in [0.3, 0.4) is 0 Å². The van der Waals surface area contributed by atoms with Crippen LogP contribution in [0.15, 0.2) is 60.9 Å². The summed E-state index contributed by atoms with van der Waals surface area (Å²) in [6, 6.07) is 14.7. The maximum Gasteiger partial charge on any atom is 0.260 e. The van der Waals surface area contributed by atoms with Gasteiger partial charge in [0.05, 0.1) is 12.1 Å². The molecule has 0 spiro atoms. The minimum absolute atomic E-state index is 0.196. The van der Waals surface area contributed by atoms with Gasteiger partial charge in [0, 0.05) is 29.4 Å². The number of carbonyl (C=O) groups excluding carboxylic acids is 1. The molecule has 1 amide bonds. The van der Waals surface area contributed by atoms with Gasteiger partial charge >= 0.3 is 0 Å². The quantitative estimate of drug-likeness (QED) is 0.672. The van der Waals surface area contributed by atoms with Gasteiger partial charge in [-0.3, -0.25) is 4.79 Å². The van der Waals surface area contributed by atoms with Crippen molar-refractivity contribution in [3.8, 4) is 22.9 Å². The Kier molecular flexibility index (Phi) is 5.62. The number of rotatable bonds is 6. The van der Waals surface area contributed by atoms with E-state index in [2.05, 4.69) is 15.3 Å². The number of benzene rings is 2. The highest BCUT2D eigenvalue weighted by atomic mass is 35.5. The van der Waals surface area contributed by atoms with Crippen LogP contribution in [0.2, 0.25) is 5.02 Å². The summed E-state index contributed by atoms with van der Waals surface area (Å²) in [4.78, 5) is 21.0. The fourth-order valence-electron chi connectivity index (χ4n) is 3.23. The summed E-state index contributed by atoms with van der Waals surface area (Å²) in [7, 11) is 0. The third-order valence-corrected chi connectivity index (χ3v) is 4.82. The molecule has 1 N–H and O–H groups in total. The number of hydrogen-bond acceptors (Lipinski definition) is 5. The van der Waals surface area contributed by atoms with Crippen molar-refractivity contribution in [1.82, 2.24) is 15.3 Å². The second-order valence-corrected chi connectivity index (χ2v) is 7.21. The summed E-state index contributed by atoms with van der Waals surface area (Å²) < 4.78 is 11.8. The number of carbonyl (C=O) groups is 1. The second-order valence-electron chi connectivity index (χ2n) is 6.78. The molecule has 148 valence electrons. The van der Waals surface area contributed by atoms with Crippen LogP contribution in [0.4, 0.5) is 0 Å². The molecular weight excluding hydrogens is 390 g/mol. The highest BCUT2D eigenvalue weighted by molar-refractivity contribution is 6.31. The van der Waals surface area contributed by atoms with Crippen LogP contribution in [-0.4, -0.2) is 34.6 Å². The van der Waals surface area contributed by atoms with Crippen molar-refractivity contribution in [2.24, 2.45) is 0 Å². The Morgan fingerprint density at radius 1 is 1.24 bits per heavy atom. The van der Waals surface area contributed by atoms with Gasteiger partial charge in [0.15, 0.2) is 11.9 Å². The normalized spacial score (nSPS) is 15.9. The molecule has 0 saturated heterocycles. The van der Waals surface area contributed by atoms with Gasteiger partial charge in [-0.25, -0.2) is 9.97 Å². The lowest BCUT2D eigenvalue weighted by Gasteiger charge is -2.17. The Hall–Kier alpha value is -3.12. The largest absolute Gasteiger partial charge is 0.487 e. The zero-order chi connectivity index (χ0) is 20.2. The maximum atomic E-state index is 12.4. The molecular formula is C22H20ClN3O3. The fourth-order valence-corrected chi connectivity index (χ4v) is 3.47. The van der Waals surface area contributed by atoms with E-state index in [1.54, 1.807) is 31.5 Å².